The van der Waals surface area contributed by atoms with E-state index < -0.39 is 0 Å². The highest BCUT2D eigenvalue weighted by Crippen LogP contribution is 2.11. The first-order valence-corrected chi connectivity index (χ1v) is 6.72. The van der Waals surface area contributed by atoms with Gasteiger partial charge in [-0.05, 0) is 23.8 Å². The number of anilines is 1. The molecule has 21 heavy (non-hydrogen) atoms. The van der Waals surface area contributed by atoms with E-state index in [-0.39, 0.29) is 17.9 Å². The molecule has 1 N–H and O–H groups in total. The van der Waals surface area contributed by atoms with Crippen molar-refractivity contribution in [2.24, 2.45) is 0 Å². The third kappa shape index (κ3) is 4.57. The molecule has 0 saturated heterocycles. The van der Waals surface area contributed by atoms with Gasteiger partial charge < -0.3 is 14.6 Å². The van der Waals surface area contributed by atoms with Gasteiger partial charge in [-0.2, -0.15) is 0 Å². The maximum Gasteiger partial charge on any atom is 0.250 e. The van der Waals surface area contributed by atoms with Crippen molar-refractivity contribution in [2.75, 3.05) is 12.4 Å². The molecule has 0 aliphatic heterocycles. The smallest absolute Gasteiger partial charge is 0.250 e. The van der Waals surface area contributed by atoms with Crippen LogP contribution in [0.4, 0.5) is 5.69 Å². The molecule has 5 heteroatoms. The van der Waals surface area contributed by atoms with Crippen molar-refractivity contribution in [1.29, 1.82) is 0 Å². The van der Waals surface area contributed by atoms with E-state index in [1.807, 2.05) is 24.3 Å². The molecule has 0 atom stereocenters. The zero-order valence-electron chi connectivity index (χ0n) is 11.9. The number of carbonyl (C=O) groups excluding carboxylic acids is 1. The van der Waals surface area contributed by atoms with Gasteiger partial charge in [-0.1, -0.05) is 18.2 Å². The van der Waals surface area contributed by atoms with Crippen molar-refractivity contribution in [1.82, 2.24) is 4.57 Å². The van der Waals surface area contributed by atoms with Gasteiger partial charge in [0.05, 0.1) is 6.61 Å². The Morgan fingerprint density at radius 3 is 2.86 bits per heavy atom. The molecule has 2 rings (SSSR count). The lowest BCUT2D eigenvalue weighted by Crippen LogP contribution is -2.21. The summed E-state index contributed by atoms with van der Waals surface area (Å²) in [5, 5.41) is 2.82. The zero-order chi connectivity index (χ0) is 15.1. The van der Waals surface area contributed by atoms with Crippen LogP contribution in [0.25, 0.3) is 0 Å². The molecular weight excluding hydrogens is 268 g/mol. The van der Waals surface area contributed by atoms with Crippen LogP contribution in [0.5, 0.6) is 0 Å². The Morgan fingerprint density at radius 2 is 2.10 bits per heavy atom. The van der Waals surface area contributed by atoms with Crippen LogP contribution < -0.4 is 10.9 Å². The average molecular weight is 286 g/mol. The Balaban J connectivity index is 1.91. The van der Waals surface area contributed by atoms with Gasteiger partial charge in [-0.25, -0.2) is 0 Å². The molecule has 0 unspecified atom stereocenters. The van der Waals surface area contributed by atoms with Crippen molar-refractivity contribution in [3.8, 4) is 0 Å². The number of nitrogens with one attached hydrogen (secondary N) is 1. The lowest BCUT2D eigenvalue weighted by Gasteiger charge is -2.08. The number of aryl methyl sites for hydroxylation is 1. The highest BCUT2D eigenvalue weighted by atomic mass is 16.5. The fraction of sp³-hybridized carbons (Fsp3) is 0.250. The van der Waals surface area contributed by atoms with E-state index in [1.54, 1.807) is 25.4 Å². The predicted molar refractivity (Wildman–Crippen MR) is 81.1 cm³/mol. The largest absolute Gasteiger partial charge is 0.380 e. The molecule has 0 aliphatic carbocycles. The number of carbonyl (C=O) groups is 1. The van der Waals surface area contributed by atoms with Gasteiger partial charge in [-0.15, -0.1) is 0 Å². The second-order valence-corrected chi connectivity index (χ2v) is 4.66. The summed E-state index contributed by atoms with van der Waals surface area (Å²) in [4.78, 5) is 23.4. The highest BCUT2D eigenvalue weighted by Gasteiger charge is 2.04. The van der Waals surface area contributed by atoms with Crippen LogP contribution in [0, 0.1) is 0 Å². The van der Waals surface area contributed by atoms with E-state index in [4.69, 9.17) is 4.74 Å². The van der Waals surface area contributed by atoms with Crippen LogP contribution in [-0.4, -0.2) is 17.6 Å². The minimum absolute atomic E-state index is 0.104. The molecule has 0 fully saturated rings. The third-order valence-electron chi connectivity index (χ3n) is 3.00. The first-order chi connectivity index (χ1) is 10.2. The summed E-state index contributed by atoms with van der Waals surface area (Å²) in [6.45, 7) is 0.867. The number of benzene rings is 1. The molecule has 1 amide bonds. The number of hydrogen-bond acceptors (Lipinski definition) is 3. The second kappa shape index (κ2) is 7.40. The molecule has 0 aliphatic rings. The molecule has 1 aromatic heterocycles. The molecule has 5 nitrogen and oxygen atoms in total. The van der Waals surface area contributed by atoms with Gasteiger partial charge in [0.25, 0.3) is 5.56 Å². The van der Waals surface area contributed by atoms with Crippen LogP contribution in [0.2, 0.25) is 0 Å². The SMILES string of the molecule is COCc1cccc(NC(=O)CCn2ccccc2=O)c1. The monoisotopic (exact) mass is 286 g/mol. The van der Waals surface area contributed by atoms with Gasteiger partial charge in [0.2, 0.25) is 5.91 Å². The van der Waals surface area contributed by atoms with E-state index in [1.165, 1.54) is 10.6 Å². The fourth-order valence-corrected chi connectivity index (χ4v) is 2.00. The molecule has 110 valence electrons. The summed E-state index contributed by atoms with van der Waals surface area (Å²) in [5.41, 5.74) is 1.62. The quantitative estimate of drug-likeness (QED) is 0.884. The fourth-order valence-electron chi connectivity index (χ4n) is 2.00. The summed E-state index contributed by atoms with van der Waals surface area (Å²) in [5.74, 6) is -0.125. The van der Waals surface area contributed by atoms with E-state index >= 15 is 0 Å². The summed E-state index contributed by atoms with van der Waals surface area (Å²) < 4.78 is 6.57. The molecule has 0 spiro atoms. The maximum absolute atomic E-state index is 11.9. The standard InChI is InChI=1S/C16H18N2O3/c1-21-12-13-5-4-6-14(11-13)17-15(19)8-10-18-9-3-2-7-16(18)20/h2-7,9,11H,8,10,12H2,1H3,(H,17,19). The van der Waals surface area contributed by atoms with Gasteiger partial charge in [0.1, 0.15) is 0 Å². The second-order valence-electron chi connectivity index (χ2n) is 4.66. The Hall–Kier alpha value is -2.40. The van der Waals surface area contributed by atoms with Crippen LogP contribution >= 0.6 is 0 Å². The number of pyridine rings is 1. The van der Waals surface area contributed by atoms with Crippen LogP contribution in [0.3, 0.4) is 0 Å². The van der Waals surface area contributed by atoms with Crippen LogP contribution in [-0.2, 0) is 22.7 Å². The number of aromatic nitrogens is 1. The molecule has 1 heterocycles. The number of amides is 1. The Morgan fingerprint density at radius 1 is 1.24 bits per heavy atom. The topological polar surface area (TPSA) is 60.3 Å². The number of rotatable bonds is 6. The molecular formula is C16H18N2O3. The number of nitrogens with zero attached hydrogens (tertiary/aromatic N) is 1. The molecule has 0 saturated carbocycles. The molecule has 0 radical (unpaired) electrons. The first-order valence-electron chi connectivity index (χ1n) is 6.72. The lowest BCUT2D eigenvalue weighted by atomic mass is 10.2. The highest BCUT2D eigenvalue weighted by molar-refractivity contribution is 5.90. The van der Waals surface area contributed by atoms with E-state index in [0.29, 0.717) is 13.2 Å². The van der Waals surface area contributed by atoms with Crippen LogP contribution in [0.15, 0.2) is 53.5 Å². The van der Waals surface area contributed by atoms with Crippen molar-refractivity contribution >= 4 is 11.6 Å². The van der Waals surface area contributed by atoms with Gasteiger partial charge in [0, 0.05) is 38.0 Å². The predicted octanol–water partition coefficient (Wildman–Crippen LogP) is 2.02. The first kappa shape index (κ1) is 15.0. The normalized spacial score (nSPS) is 10.3. The zero-order valence-corrected chi connectivity index (χ0v) is 11.9. The number of methoxy groups -OCH3 is 1. The van der Waals surface area contributed by atoms with Crippen molar-refractivity contribution in [3.05, 3.63) is 64.6 Å². The lowest BCUT2D eigenvalue weighted by molar-refractivity contribution is -0.116. The minimum Gasteiger partial charge on any atom is -0.380 e. The minimum atomic E-state index is -0.125. The summed E-state index contributed by atoms with van der Waals surface area (Å²) in [6.07, 6.45) is 1.92. The third-order valence-corrected chi connectivity index (χ3v) is 3.00. The van der Waals surface area contributed by atoms with Crippen molar-refractivity contribution < 1.29 is 9.53 Å². The van der Waals surface area contributed by atoms with Crippen molar-refractivity contribution in [2.45, 2.75) is 19.6 Å². The Bertz CT molecular complexity index is 664. The van der Waals surface area contributed by atoms with E-state index in [9.17, 15) is 9.59 Å². The molecule has 0 bridgehead atoms. The van der Waals surface area contributed by atoms with Gasteiger partial charge >= 0.3 is 0 Å². The summed E-state index contributed by atoms with van der Waals surface area (Å²) >= 11 is 0. The van der Waals surface area contributed by atoms with E-state index in [0.717, 1.165) is 11.3 Å². The maximum atomic E-state index is 11.9. The van der Waals surface area contributed by atoms with Gasteiger partial charge in [-0.3, -0.25) is 9.59 Å². The average Bonchev–Trinajstić information content (AvgIpc) is 2.47. The summed E-state index contributed by atoms with van der Waals surface area (Å²) in [7, 11) is 1.63. The Labute approximate surface area is 123 Å². The molecule has 1 aromatic carbocycles. The number of ether oxygens (including phenoxy) is 1. The van der Waals surface area contributed by atoms with Gasteiger partial charge in [0.15, 0.2) is 0 Å². The Kier molecular flexibility index (Phi) is 5.29. The summed E-state index contributed by atoms with van der Waals surface area (Å²) in [6, 6.07) is 12.4. The van der Waals surface area contributed by atoms with E-state index in [2.05, 4.69) is 5.32 Å². The van der Waals surface area contributed by atoms with Crippen molar-refractivity contribution in [3.63, 3.8) is 0 Å². The van der Waals surface area contributed by atoms with Crippen LogP contribution in [0.1, 0.15) is 12.0 Å². The number of hydrogen-bond donors (Lipinski definition) is 1. The molecule has 2 aromatic rings.